The van der Waals surface area contributed by atoms with Crippen LogP contribution in [0.4, 0.5) is 0 Å². The number of hydrogen-bond donors (Lipinski definition) is 5. The number of aryl methyl sites for hydroxylation is 4. The molecule has 2 heterocycles. The zero-order valence-corrected chi connectivity index (χ0v) is 28.3. The van der Waals surface area contributed by atoms with Crippen LogP contribution in [-0.2, 0) is 32.9 Å². The third-order valence-corrected chi connectivity index (χ3v) is 9.54. The smallest absolute Gasteiger partial charge is 0.339 e. The van der Waals surface area contributed by atoms with Gasteiger partial charge in [0.05, 0.1) is 11.6 Å². The van der Waals surface area contributed by atoms with Gasteiger partial charge in [-0.3, -0.25) is 4.79 Å². The van der Waals surface area contributed by atoms with E-state index in [9.17, 15) is 26.4 Å². The van der Waals surface area contributed by atoms with E-state index in [-0.39, 0.29) is 34.7 Å². The number of furan rings is 2. The molecule has 4 aromatic rings. The summed E-state index contributed by atoms with van der Waals surface area (Å²) in [6, 6.07) is 13.7. The summed E-state index contributed by atoms with van der Waals surface area (Å²) in [5.74, 6) is -1.43. The van der Waals surface area contributed by atoms with Gasteiger partial charge in [0.25, 0.3) is 26.0 Å². The molecule has 2 aliphatic carbocycles. The highest BCUT2D eigenvalue weighted by Crippen LogP contribution is 2.33. The predicted molar refractivity (Wildman–Crippen MR) is 173 cm³/mol. The Morgan fingerprint density at radius 3 is 1.74 bits per heavy atom. The van der Waals surface area contributed by atoms with Crippen LogP contribution in [0.1, 0.15) is 79.4 Å². The first-order chi connectivity index (χ1) is 21.8. The lowest BCUT2D eigenvalue weighted by molar-refractivity contribution is 0.0694. The number of carbonyl (C=O) groups is 2. The minimum atomic E-state index is -3.98. The molecule has 0 bridgehead atoms. The monoisotopic (exact) mass is 726 g/mol. The minimum absolute atomic E-state index is 0.0107. The summed E-state index contributed by atoms with van der Waals surface area (Å²) >= 11 is 11.8. The molecule has 13 nitrogen and oxygen atoms in total. The molecule has 8 N–H and O–H groups in total. The fraction of sp³-hybridized carbons (Fsp3) is 0.267. The van der Waals surface area contributed by atoms with Crippen LogP contribution in [0.25, 0.3) is 0 Å². The van der Waals surface area contributed by atoms with Gasteiger partial charge in [-0.15, -0.1) is 0 Å². The van der Waals surface area contributed by atoms with Gasteiger partial charge in [0, 0.05) is 28.2 Å². The number of nitrogens with one attached hydrogen (secondary N) is 1. The highest BCUT2D eigenvalue weighted by atomic mass is 35.5. The van der Waals surface area contributed by atoms with Crippen molar-refractivity contribution in [3.63, 3.8) is 0 Å². The van der Waals surface area contributed by atoms with Gasteiger partial charge in [-0.1, -0.05) is 35.3 Å². The molecular formula is C30H32Cl2N4O9S2. The van der Waals surface area contributed by atoms with Crippen molar-refractivity contribution >= 4 is 55.1 Å². The molecule has 6 rings (SSSR count). The van der Waals surface area contributed by atoms with Gasteiger partial charge < -0.3 is 25.0 Å². The normalized spacial score (nSPS) is 16.7. The van der Waals surface area contributed by atoms with Crippen molar-refractivity contribution in [3.8, 4) is 0 Å². The van der Waals surface area contributed by atoms with E-state index in [1.165, 1.54) is 25.0 Å². The fourth-order valence-corrected chi connectivity index (χ4v) is 6.65. The number of halogens is 2. The first-order valence-electron chi connectivity index (χ1n) is 14.0. The SMILES string of the molecule is Cc1oc(S(N)(=O)=O)cc1C(=O)N[C@@H]1CCc2cc(Cl)ccc21.Cc1oc(S(N)(=O)=O)cc1C(=O)O.N[C@@H]1CCc2cc(Cl)ccc21. The molecule has 252 valence electrons. The Kier molecular flexibility index (Phi) is 10.9. The maximum atomic E-state index is 12.4. The van der Waals surface area contributed by atoms with Crippen molar-refractivity contribution in [1.29, 1.82) is 0 Å². The predicted octanol–water partition coefficient (Wildman–Crippen LogP) is 4.53. The van der Waals surface area contributed by atoms with Crippen LogP contribution in [0.5, 0.6) is 0 Å². The average molecular weight is 728 g/mol. The number of carboxylic acids is 1. The minimum Gasteiger partial charge on any atom is -0.478 e. The van der Waals surface area contributed by atoms with Gasteiger partial charge in [-0.2, -0.15) is 0 Å². The number of fused-ring (bicyclic) bond motifs is 2. The fourth-order valence-electron chi connectivity index (χ4n) is 5.22. The first kappa shape index (κ1) is 36.1. The number of nitrogens with two attached hydrogens (primary N) is 3. The van der Waals surface area contributed by atoms with Crippen LogP contribution in [0.2, 0.25) is 10.0 Å². The number of benzene rings is 2. The Bertz CT molecular complexity index is 2060. The number of carbonyl (C=O) groups excluding carboxylic acids is 1. The second-order valence-corrected chi connectivity index (χ2v) is 14.7. The molecule has 17 heteroatoms. The molecule has 0 aliphatic heterocycles. The van der Waals surface area contributed by atoms with Crippen molar-refractivity contribution in [1.82, 2.24) is 5.32 Å². The van der Waals surface area contributed by atoms with Crippen LogP contribution in [0, 0.1) is 13.8 Å². The number of hydrogen-bond acceptors (Lipinski definition) is 9. The largest absolute Gasteiger partial charge is 0.478 e. The van der Waals surface area contributed by atoms with Crippen molar-refractivity contribution < 1.29 is 40.4 Å². The van der Waals surface area contributed by atoms with E-state index in [0.29, 0.717) is 5.02 Å². The molecule has 2 aliphatic rings. The van der Waals surface area contributed by atoms with Crippen LogP contribution in [0.3, 0.4) is 0 Å². The van der Waals surface area contributed by atoms with Crippen LogP contribution in [-0.4, -0.2) is 33.8 Å². The standard InChI is InChI=1S/C15H15ClN2O4S.C9H10ClN.C6H7NO5S/c1-8-12(7-14(22-8)23(17,20)21)15(19)18-13-5-2-9-6-10(16)3-4-11(9)13;10-7-2-3-8-6(5-7)1-4-9(8)11;1-3-4(6(8)9)2-5(12-3)13(7,10)11/h3-4,6-7,13H,2,5H2,1H3,(H,18,19)(H2,17,20,21);2-3,5,9H,1,4,11H2;2H,1H3,(H,8,9)(H2,7,10,11)/t13-;9-;/m11./s1. The molecule has 47 heavy (non-hydrogen) atoms. The lowest BCUT2D eigenvalue weighted by atomic mass is 10.1. The summed E-state index contributed by atoms with van der Waals surface area (Å²) in [5.41, 5.74) is 10.5. The zero-order chi connectivity index (χ0) is 34.8. The average Bonchev–Trinajstić information content (AvgIpc) is 3.75. The van der Waals surface area contributed by atoms with Gasteiger partial charge in [-0.25, -0.2) is 31.9 Å². The van der Waals surface area contributed by atoms with Crippen molar-refractivity contribution in [2.45, 2.75) is 61.8 Å². The van der Waals surface area contributed by atoms with Gasteiger partial charge in [0.15, 0.2) is 0 Å². The van der Waals surface area contributed by atoms with E-state index in [0.717, 1.165) is 54.0 Å². The van der Waals surface area contributed by atoms with E-state index in [1.807, 2.05) is 30.3 Å². The number of carboxylic acid groups (broad SMARTS) is 1. The van der Waals surface area contributed by atoms with Crippen LogP contribution in [0.15, 0.2) is 67.5 Å². The number of amides is 1. The Morgan fingerprint density at radius 1 is 0.787 bits per heavy atom. The Morgan fingerprint density at radius 2 is 1.26 bits per heavy atom. The molecule has 2 atom stereocenters. The van der Waals surface area contributed by atoms with E-state index >= 15 is 0 Å². The second kappa shape index (κ2) is 14.2. The van der Waals surface area contributed by atoms with Gasteiger partial charge in [-0.05, 0) is 86.1 Å². The summed E-state index contributed by atoms with van der Waals surface area (Å²) in [6.45, 7) is 2.87. The third kappa shape index (κ3) is 8.81. The zero-order valence-electron chi connectivity index (χ0n) is 25.1. The summed E-state index contributed by atoms with van der Waals surface area (Å²) < 4.78 is 53.7. The van der Waals surface area contributed by atoms with Crippen LogP contribution < -0.4 is 21.3 Å². The number of sulfonamides is 2. The van der Waals surface area contributed by atoms with Gasteiger partial charge in [0.1, 0.15) is 17.1 Å². The summed E-state index contributed by atoms with van der Waals surface area (Å²) in [6.07, 6.45) is 3.74. The quantitative estimate of drug-likeness (QED) is 0.193. The van der Waals surface area contributed by atoms with Crippen LogP contribution >= 0.6 is 23.2 Å². The maximum absolute atomic E-state index is 12.4. The topological polar surface area (TPSA) is 239 Å². The molecule has 2 aromatic heterocycles. The number of aromatic carboxylic acids is 1. The van der Waals surface area contributed by atoms with Crippen molar-refractivity contribution in [2.24, 2.45) is 16.0 Å². The Hall–Kier alpha value is -3.70. The van der Waals surface area contributed by atoms with E-state index < -0.39 is 42.1 Å². The molecule has 2 aromatic carbocycles. The maximum Gasteiger partial charge on any atom is 0.339 e. The van der Waals surface area contributed by atoms with Gasteiger partial charge in [0.2, 0.25) is 10.2 Å². The lowest BCUT2D eigenvalue weighted by Crippen LogP contribution is -2.27. The Labute approximate surface area is 281 Å². The first-order valence-corrected chi connectivity index (χ1v) is 17.8. The molecule has 0 radical (unpaired) electrons. The number of primary sulfonamides is 2. The third-order valence-electron chi connectivity index (χ3n) is 7.54. The molecule has 0 fully saturated rings. The highest BCUT2D eigenvalue weighted by Gasteiger charge is 2.27. The Balaban J connectivity index is 0.000000176. The summed E-state index contributed by atoms with van der Waals surface area (Å²) in [7, 11) is -7.95. The van der Waals surface area contributed by atoms with Gasteiger partial charge >= 0.3 is 5.97 Å². The van der Waals surface area contributed by atoms with E-state index in [4.69, 9.17) is 48.7 Å². The molecule has 1 amide bonds. The highest BCUT2D eigenvalue weighted by molar-refractivity contribution is 7.89. The number of rotatable bonds is 5. The molecule has 0 saturated carbocycles. The summed E-state index contributed by atoms with van der Waals surface area (Å²) in [5, 5.41) is 21.7. The summed E-state index contributed by atoms with van der Waals surface area (Å²) in [4.78, 5) is 22.9. The van der Waals surface area contributed by atoms with E-state index in [2.05, 4.69) is 9.73 Å². The lowest BCUT2D eigenvalue weighted by Gasteiger charge is -2.13. The van der Waals surface area contributed by atoms with E-state index in [1.54, 1.807) is 6.07 Å². The molecular weight excluding hydrogens is 695 g/mol. The second-order valence-electron chi connectivity index (χ2n) is 10.9. The van der Waals surface area contributed by atoms with Crippen molar-refractivity contribution in [2.75, 3.05) is 0 Å². The molecule has 0 unspecified atom stereocenters. The molecule has 0 saturated heterocycles. The molecule has 0 spiro atoms. The van der Waals surface area contributed by atoms with Crippen molar-refractivity contribution in [3.05, 3.63) is 103 Å².